The Labute approximate surface area is 187 Å². The highest BCUT2D eigenvalue weighted by molar-refractivity contribution is 6.30. The summed E-state index contributed by atoms with van der Waals surface area (Å²) in [5, 5.41) is 3.49. The molecule has 6 nitrogen and oxygen atoms in total. The molecule has 0 aliphatic carbocycles. The van der Waals surface area contributed by atoms with Crippen molar-refractivity contribution < 1.29 is 13.9 Å². The molecule has 1 amide bonds. The van der Waals surface area contributed by atoms with E-state index in [1.807, 2.05) is 30.9 Å². The number of pyridine rings is 1. The minimum Gasteiger partial charge on any atom is -0.372 e. The standard InChI is InChI=1S/C23H28ClFN4O2/c1-15-13-29(14-16(2)31-15)21-5-4-19(11-20(21)25)27-23(30)17-7-9-28(10-8-17)22-6-3-18(24)12-26-22/h3-6,11-12,15-17H,7-10,13-14H2,1-2H3,(H,27,30). The van der Waals surface area contributed by atoms with Crippen LogP contribution < -0.4 is 15.1 Å². The number of piperidine rings is 1. The van der Waals surface area contributed by atoms with Gasteiger partial charge in [0.2, 0.25) is 5.91 Å². The van der Waals surface area contributed by atoms with Gasteiger partial charge >= 0.3 is 0 Å². The highest BCUT2D eigenvalue weighted by atomic mass is 35.5. The molecule has 2 aromatic rings. The summed E-state index contributed by atoms with van der Waals surface area (Å²) in [6.45, 7) is 6.76. The summed E-state index contributed by atoms with van der Waals surface area (Å²) >= 11 is 5.90. The van der Waals surface area contributed by atoms with E-state index in [2.05, 4.69) is 15.2 Å². The molecule has 166 valence electrons. The number of nitrogens with one attached hydrogen (secondary N) is 1. The number of rotatable bonds is 4. The molecule has 0 radical (unpaired) electrons. The number of anilines is 3. The van der Waals surface area contributed by atoms with Gasteiger partial charge in [-0.25, -0.2) is 9.37 Å². The summed E-state index contributed by atoms with van der Waals surface area (Å²) < 4.78 is 20.5. The number of aromatic nitrogens is 1. The number of hydrogen-bond donors (Lipinski definition) is 1. The van der Waals surface area contributed by atoms with Crippen LogP contribution in [-0.4, -0.2) is 49.3 Å². The van der Waals surface area contributed by atoms with Crippen molar-refractivity contribution >= 4 is 34.7 Å². The molecule has 2 unspecified atom stereocenters. The number of amides is 1. The van der Waals surface area contributed by atoms with Gasteiger partial charge in [-0.1, -0.05) is 11.6 Å². The molecule has 0 saturated carbocycles. The molecule has 4 rings (SSSR count). The van der Waals surface area contributed by atoms with E-state index in [1.165, 1.54) is 6.07 Å². The van der Waals surface area contributed by atoms with Gasteiger partial charge in [0.1, 0.15) is 11.6 Å². The Morgan fingerprint density at radius 2 is 1.84 bits per heavy atom. The van der Waals surface area contributed by atoms with Gasteiger partial charge in [-0.3, -0.25) is 4.79 Å². The number of benzene rings is 1. The maximum Gasteiger partial charge on any atom is 0.227 e. The first-order valence-corrected chi connectivity index (χ1v) is 11.1. The number of hydrogen-bond acceptors (Lipinski definition) is 5. The zero-order valence-corrected chi connectivity index (χ0v) is 18.6. The zero-order chi connectivity index (χ0) is 22.0. The summed E-state index contributed by atoms with van der Waals surface area (Å²) in [5.74, 6) is 0.368. The van der Waals surface area contributed by atoms with E-state index >= 15 is 0 Å². The van der Waals surface area contributed by atoms with Crippen LogP contribution in [0.15, 0.2) is 36.5 Å². The molecule has 1 N–H and O–H groups in total. The van der Waals surface area contributed by atoms with Crippen molar-refractivity contribution in [2.24, 2.45) is 5.92 Å². The lowest BCUT2D eigenvalue weighted by Crippen LogP contribution is -2.45. The molecule has 8 heteroatoms. The molecular formula is C23H28ClFN4O2. The molecule has 3 heterocycles. The predicted octanol–water partition coefficient (Wildman–Crippen LogP) is 4.34. The second kappa shape index (κ2) is 9.40. The third-order valence-electron chi connectivity index (χ3n) is 5.88. The van der Waals surface area contributed by atoms with Gasteiger partial charge < -0.3 is 19.9 Å². The minimum atomic E-state index is -0.331. The van der Waals surface area contributed by atoms with Crippen LogP contribution >= 0.6 is 11.6 Å². The lowest BCUT2D eigenvalue weighted by molar-refractivity contribution is -0.120. The first-order chi connectivity index (χ1) is 14.9. The molecule has 0 spiro atoms. The monoisotopic (exact) mass is 446 g/mol. The van der Waals surface area contributed by atoms with Crippen LogP contribution in [0.25, 0.3) is 0 Å². The van der Waals surface area contributed by atoms with Crippen molar-refractivity contribution in [3.63, 3.8) is 0 Å². The average Bonchev–Trinajstić information content (AvgIpc) is 2.74. The van der Waals surface area contributed by atoms with E-state index in [-0.39, 0.29) is 29.9 Å². The Morgan fingerprint density at radius 3 is 2.45 bits per heavy atom. The van der Waals surface area contributed by atoms with E-state index in [1.54, 1.807) is 18.3 Å². The Hall–Kier alpha value is -2.38. The predicted molar refractivity (Wildman–Crippen MR) is 121 cm³/mol. The molecule has 31 heavy (non-hydrogen) atoms. The van der Waals surface area contributed by atoms with Gasteiger partial charge in [-0.15, -0.1) is 0 Å². The molecule has 0 bridgehead atoms. The Morgan fingerprint density at radius 1 is 1.13 bits per heavy atom. The van der Waals surface area contributed by atoms with E-state index < -0.39 is 0 Å². The van der Waals surface area contributed by atoms with Crippen LogP contribution in [0.5, 0.6) is 0 Å². The second-order valence-corrected chi connectivity index (χ2v) is 8.85. The van der Waals surface area contributed by atoms with Crippen LogP contribution in [0.1, 0.15) is 26.7 Å². The van der Waals surface area contributed by atoms with Gasteiger partial charge in [0, 0.05) is 44.0 Å². The van der Waals surface area contributed by atoms with Gasteiger partial charge in [0.05, 0.1) is 22.9 Å². The second-order valence-electron chi connectivity index (χ2n) is 8.41. The van der Waals surface area contributed by atoms with Crippen LogP contribution in [0.2, 0.25) is 5.02 Å². The first-order valence-electron chi connectivity index (χ1n) is 10.8. The fourth-order valence-electron chi connectivity index (χ4n) is 4.39. The number of carbonyl (C=O) groups excluding carboxylic acids is 1. The van der Waals surface area contributed by atoms with Crippen LogP contribution in [-0.2, 0) is 9.53 Å². The fraction of sp³-hybridized carbons (Fsp3) is 0.478. The third-order valence-corrected chi connectivity index (χ3v) is 6.10. The first kappa shape index (κ1) is 21.8. The molecule has 1 aromatic heterocycles. The van der Waals surface area contributed by atoms with Gasteiger partial charge in [0.25, 0.3) is 0 Å². The lowest BCUT2D eigenvalue weighted by Gasteiger charge is -2.37. The number of ether oxygens (including phenoxy) is 1. The molecule has 2 aliphatic heterocycles. The van der Waals surface area contributed by atoms with Gasteiger partial charge in [-0.05, 0) is 57.0 Å². The Kier molecular flexibility index (Phi) is 6.62. The quantitative estimate of drug-likeness (QED) is 0.757. The van der Waals surface area contributed by atoms with E-state index in [4.69, 9.17) is 16.3 Å². The van der Waals surface area contributed by atoms with Crippen molar-refractivity contribution in [2.45, 2.75) is 38.9 Å². The topological polar surface area (TPSA) is 57.7 Å². The Balaban J connectivity index is 1.33. The SMILES string of the molecule is CC1CN(c2ccc(NC(=O)C3CCN(c4ccc(Cl)cn4)CC3)cc2F)CC(C)O1. The van der Waals surface area contributed by atoms with E-state index in [0.29, 0.717) is 29.5 Å². The van der Waals surface area contributed by atoms with Crippen LogP contribution in [0.4, 0.5) is 21.6 Å². The van der Waals surface area contributed by atoms with Crippen LogP contribution in [0, 0.1) is 11.7 Å². The van der Waals surface area contributed by atoms with Crippen molar-refractivity contribution in [3.05, 3.63) is 47.4 Å². The van der Waals surface area contributed by atoms with Gasteiger partial charge in [-0.2, -0.15) is 0 Å². The smallest absolute Gasteiger partial charge is 0.227 e. The lowest BCUT2D eigenvalue weighted by atomic mass is 9.95. The van der Waals surface area contributed by atoms with Crippen molar-refractivity contribution in [1.29, 1.82) is 0 Å². The van der Waals surface area contributed by atoms with Crippen molar-refractivity contribution in [1.82, 2.24) is 4.98 Å². The fourth-order valence-corrected chi connectivity index (χ4v) is 4.50. The highest BCUT2D eigenvalue weighted by Gasteiger charge is 2.27. The van der Waals surface area contributed by atoms with Gasteiger partial charge in [0.15, 0.2) is 0 Å². The largest absolute Gasteiger partial charge is 0.372 e. The molecular weight excluding hydrogens is 419 g/mol. The summed E-state index contributed by atoms with van der Waals surface area (Å²) in [7, 11) is 0. The number of morpholine rings is 1. The van der Waals surface area contributed by atoms with Crippen molar-refractivity contribution in [2.75, 3.05) is 41.3 Å². The Bertz CT molecular complexity index is 908. The highest BCUT2D eigenvalue weighted by Crippen LogP contribution is 2.28. The number of nitrogens with zero attached hydrogens (tertiary/aromatic N) is 3. The summed E-state index contributed by atoms with van der Waals surface area (Å²) in [6, 6.07) is 8.63. The average molecular weight is 447 g/mol. The molecule has 2 fully saturated rings. The maximum absolute atomic E-state index is 14.8. The molecule has 2 aliphatic rings. The summed E-state index contributed by atoms with van der Waals surface area (Å²) in [4.78, 5) is 21.2. The third kappa shape index (κ3) is 5.28. The maximum atomic E-state index is 14.8. The summed E-state index contributed by atoms with van der Waals surface area (Å²) in [6.07, 6.45) is 3.18. The number of carbonyl (C=O) groups is 1. The zero-order valence-electron chi connectivity index (χ0n) is 17.9. The summed E-state index contributed by atoms with van der Waals surface area (Å²) in [5.41, 5.74) is 1.03. The number of halogens is 2. The van der Waals surface area contributed by atoms with Crippen molar-refractivity contribution in [3.8, 4) is 0 Å². The normalized spacial score (nSPS) is 22.5. The molecule has 2 saturated heterocycles. The van der Waals surface area contributed by atoms with E-state index in [0.717, 1.165) is 31.7 Å². The van der Waals surface area contributed by atoms with Crippen LogP contribution in [0.3, 0.4) is 0 Å². The minimum absolute atomic E-state index is 0.0523. The van der Waals surface area contributed by atoms with E-state index in [9.17, 15) is 9.18 Å². The molecule has 1 aromatic carbocycles. The molecule has 2 atom stereocenters.